The third-order valence-corrected chi connectivity index (χ3v) is 1.03. The maximum Gasteiger partial charge on any atom is 0.235 e. The normalized spacial score (nSPS) is 12.5. The monoisotopic (exact) mass is 137 g/mol. The molecule has 0 aliphatic heterocycles. The van der Waals surface area contributed by atoms with Gasteiger partial charge >= 0.3 is 0 Å². The van der Waals surface area contributed by atoms with E-state index in [1.54, 1.807) is 6.92 Å². The number of aliphatic hydroxyl groups excluding tert-OH is 1. The molecule has 1 N–H and O–H groups in total. The molecule has 3 nitrogen and oxygen atoms in total. The number of terminal acetylenes is 1. The van der Waals surface area contributed by atoms with E-state index in [2.05, 4.69) is 10.9 Å². The van der Waals surface area contributed by atoms with Crippen LogP contribution < -0.4 is 0 Å². The van der Waals surface area contributed by atoms with Gasteiger partial charge < -0.3 is 9.52 Å². The van der Waals surface area contributed by atoms with Crippen LogP contribution in [0, 0.1) is 19.3 Å². The van der Waals surface area contributed by atoms with Crippen LogP contribution in [-0.2, 0) is 0 Å². The van der Waals surface area contributed by atoms with Gasteiger partial charge in [0.25, 0.3) is 0 Å². The standard InChI is InChI=1S/C7H7NO2/c1-3-6(9)7-8-4-5(2)10-7/h1,4,6,9H,2H3. The molecule has 0 bridgehead atoms. The fourth-order valence-corrected chi connectivity index (χ4v) is 0.570. The van der Waals surface area contributed by atoms with Crippen molar-refractivity contribution in [1.29, 1.82) is 0 Å². The fourth-order valence-electron chi connectivity index (χ4n) is 0.570. The smallest absolute Gasteiger partial charge is 0.235 e. The molecule has 0 radical (unpaired) electrons. The van der Waals surface area contributed by atoms with Crippen molar-refractivity contribution in [1.82, 2.24) is 4.98 Å². The van der Waals surface area contributed by atoms with Crippen LogP contribution in [0.5, 0.6) is 0 Å². The van der Waals surface area contributed by atoms with Gasteiger partial charge in [-0.25, -0.2) is 4.98 Å². The number of hydrogen-bond donors (Lipinski definition) is 1. The first-order valence-electron chi connectivity index (χ1n) is 2.80. The molecule has 1 aromatic rings. The molecular weight excluding hydrogens is 130 g/mol. The molecule has 0 aromatic carbocycles. The van der Waals surface area contributed by atoms with Crippen molar-refractivity contribution in [2.45, 2.75) is 13.0 Å². The van der Waals surface area contributed by atoms with Crippen LogP contribution in [0.2, 0.25) is 0 Å². The molecule has 0 saturated carbocycles. The van der Waals surface area contributed by atoms with Crippen LogP contribution in [0.3, 0.4) is 0 Å². The number of aromatic nitrogens is 1. The highest BCUT2D eigenvalue weighted by molar-refractivity contribution is 5.05. The number of aliphatic hydroxyl groups is 1. The lowest BCUT2D eigenvalue weighted by Gasteiger charge is -1.93. The lowest BCUT2D eigenvalue weighted by atomic mass is 10.4. The molecule has 0 saturated heterocycles. The Hall–Kier alpha value is -1.27. The molecule has 0 fully saturated rings. The van der Waals surface area contributed by atoms with Gasteiger partial charge in [0.2, 0.25) is 5.89 Å². The Morgan fingerprint density at radius 3 is 3.00 bits per heavy atom. The largest absolute Gasteiger partial charge is 0.442 e. The lowest BCUT2D eigenvalue weighted by molar-refractivity contribution is 0.197. The molecule has 52 valence electrons. The SMILES string of the molecule is C#CC(O)c1ncc(C)o1. The summed E-state index contributed by atoms with van der Waals surface area (Å²) in [6.07, 6.45) is 5.40. The minimum absolute atomic E-state index is 0.181. The van der Waals surface area contributed by atoms with Crippen molar-refractivity contribution >= 4 is 0 Å². The molecule has 0 amide bonds. The van der Waals surface area contributed by atoms with Crippen molar-refractivity contribution in [2.24, 2.45) is 0 Å². The summed E-state index contributed by atoms with van der Waals surface area (Å²) in [4.78, 5) is 3.73. The first-order chi connectivity index (χ1) is 4.74. The number of oxazole rings is 1. The van der Waals surface area contributed by atoms with Gasteiger partial charge in [-0.2, -0.15) is 0 Å². The average molecular weight is 137 g/mol. The maximum absolute atomic E-state index is 8.95. The number of hydrogen-bond acceptors (Lipinski definition) is 3. The summed E-state index contributed by atoms with van der Waals surface area (Å²) in [6, 6.07) is 0. The van der Waals surface area contributed by atoms with Crippen LogP contribution in [0.15, 0.2) is 10.6 Å². The number of aryl methyl sites for hydroxylation is 1. The lowest BCUT2D eigenvalue weighted by Crippen LogP contribution is -1.91. The zero-order valence-electron chi connectivity index (χ0n) is 5.53. The second-order valence-electron chi connectivity index (χ2n) is 1.88. The van der Waals surface area contributed by atoms with Crippen molar-refractivity contribution in [2.75, 3.05) is 0 Å². The molecule has 0 spiro atoms. The van der Waals surface area contributed by atoms with Crippen LogP contribution in [0.4, 0.5) is 0 Å². The predicted octanol–water partition coefficient (Wildman–Crippen LogP) is 0.650. The third-order valence-electron chi connectivity index (χ3n) is 1.03. The van der Waals surface area contributed by atoms with E-state index in [-0.39, 0.29) is 5.89 Å². The molecular formula is C7H7NO2. The summed E-state index contributed by atoms with van der Waals surface area (Å²) in [6.45, 7) is 1.74. The van der Waals surface area contributed by atoms with E-state index < -0.39 is 6.10 Å². The Kier molecular flexibility index (Phi) is 1.74. The quantitative estimate of drug-likeness (QED) is 0.578. The van der Waals surface area contributed by atoms with Crippen LogP contribution >= 0.6 is 0 Å². The van der Waals surface area contributed by atoms with E-state index in [0.29, 0.717) is 5.76 Å². The highest BCUT2D eigenvalue weighted by Crippen LogP contribution is 2.10. The molecule has 0 aliphatic rings. The molecule has 1 rings (SSSR count). The first-order valence-corrected chi connectivity index (χ1v) is 2.80. The third kappa shape index (κ3) is 1.17. The second kappa shape index (κ2) is 2.54. The Morgan fingerprint density at radius 1 is 1.90 bits per heavy atom. The first kappa shape index (κ1) is 6.84. The Morgan fingerprint density at radius 2 is 2.60 bits per heavy atom. The molecule has 1 atom stereocenters. The van der Waals surface area contributed by atoms with Crippen molar-refractivity contribution in [3.05, 3.63) is 17.8 Å². The van der Waals surface area contributed by atoms with E-state index in [1.807, 2.05) is 0 Å². The van der Waals surface area contributed by atoms with Crippen LogP contribution in [-0.4, -0.2) is 10.1 Å². The van der Waals surface area contributed by atoms with Gasteiger partial charge in [-0.05, 0) is 6.92 Å². The van der Waals surface area contributed by atoms with Gasteiger partial charge in [-0.15, -0.1) is 6.42 Å². The van der Waals surface area contributed by atoms with Crippen LogP contribution in [0.1, 0.15) is 17.8 Å². The molecule has 3 heteroatoms. The summed E-state index contributed by atoms with van der Waals surface area (Å²) >= 11 is 0. The molecule has 1 heterocycles. The minimum Gasteiger partial charge on any atom is -0.442 e. The van der Waals surface area contributed by atoms with E-state index in [1.165, 1.54) is 6.20 Å². The molecule has 0 aliphatic carbocycles. The van der Waals surface area contributed by atoms with Gasteiger partial charge in [0.15, 0.2) is 6.10 Å². The number of nitrogens with zero attached hydrogens (tertiary/aromatic N) is 1. The Balaban J connectivity index is 2.87. The van der Waals surface area contributed by atoms with Crippen molar-refractivity contribution in [3.8, 4) is 12.3 Å². The van der Waals surface area contributed by atoms with E-state index in [9.17, 15) is 0 Å². The summed E-state index contributed by atoms with van der Waals surface area (Å²) in [5.74, 6) is 2.92. The predicted molar refractivity (Wildman–Crippen MR) is 35.0 cm³/mol. The second-order valence-corrected chi connectivity index (χ2v) is 1.88. The Labute approximate surface area is 58.7 Å². The zero-order valence-corrected chi connectivity index (χ0v) is 5.53. The highest BCUT2D eigenvalue weighted by Gasteiger charge is 2.08. The highest BCUT2D eigenvalue weighted by atomic mass is 16.4. The van der Waals surface area contributed by atoms with E-state index in [4.69, 9.17) is 15.9 Å². The topological polar surface area (TPSA) is 46.3 Å². The van der Waals surface area contributed by atoms with E-state index in [0.717, 1.165) is 0 Å². The maximum atomic E-state index is 8.95. The van der Waals surface area contributed by atoms with Gasteiger partial charge in [0.05, 0.1) is 6.20 Å². The summed E-state index contributed by atoms with van der Waals surface area (Å²) < 4.78 is 4.93. The number of rotatable bonds is 1. The van der Waals surface area contributed by atoms with Gasteiger partial charge in [-0.1, -0.05) is 5.92 Å². The molecule has 10 heavy (non-hydrogen) atoms. The van der Waals surface area contributed by atoms with Gasteiger partial charge in [-0.3, -0.25) is 0 Å². The summed E-state index contributed by atoms with van der Waals surface area (Å²) in [5, 5.41) is 8.95. The van der Waals surface area contributed by atoms with E-state index >= 15 is 0 Å². The average Bonchev–Trinajstić information content (AvgIpc) is 2.34. The fraction of sp³-hybridized carbons (Fsp3) is 0.286. The molecule has 1 unspecified atom stereocenters. The summed E-state index contributed by atoms with van der Waals surface area (Å²) in [5.41, 5.74) is 0. The van der Waals surface area contributed by atoms with Crippen LogP contribution in [0.25, 0.3) is 0 Å². The summed E-state index contributed by atoms with van der Waals surface area (Å²) in [7, 11) is 0. The van der Waals surface area contributed by atoms with Crippen molar-refractivity contribution in [3.63, 3.8) is 0 Å². The van der Waals surface area contributed by atoms with Crippen molar-refractivity contribution < 1.29 is 9.52 Å². The Bertz CT molecular complexity index is 259. The van der Waals surface area contributed by atoms with Gasteiger partial charge in [0, 0.05) is 0 Å². The minimum atomic E-state index is -1.02. The molecule has 1 aromatic heterocycles. The zero-order chi connectivity index (χ0) is 7.56. The van der Waals surface area contributed by atoms with Gasteiger partial charge in [0.1, 0.15) is 5.76 Å².